The van der Waals surface area contributed by atoms with Crippen LogP contribution in [0.3, 0.4) is 0 Å². The van der Waals surface area contributed by atoms with Crippen molar-refractivity contribution in [1.29, 1.82) is 0 Å². The van der Waals surface area contributed by atoms with Crippen molar-refractivity contribution in [3.8, 4) is 0 Å². The van der Waals surface area contributed by atoms with E-state index in [1.165, 1.54) is 18.4 Å². The van der Waals surface area contributed by atoms with Gasteiger partial charge in [0.25, 0.3) is 0 Å². The molecule has 154 valence electrons. The lowest BCUT2D eigenvalue weighted by atomic mass is 9.99. The Balaban J connectivity index is 1.82. The predicted octanol–water partition coefficient (Wildman–Crippen LogP) is 4.09. The topological polar surface area (TPSA) is 93.7 Å². The number of ether oxygens (including phenoxy) is 2. The molecular formula is C20H24N4O4S. The second kappa shape index (κ2) is 8.60. The molecule has 8 nitrogen and oxygen atoms in total. The van der Waals surface area contributed by atoms with Crippen molar-refractivity contribution in [2.45, 2.75) is 32.8 Å². The lowest BCUT2D eigenvalue weighted by Gasteiger charge is -2.29. The number of thiazole rings is 1. The first-order chi connectivity index (χ1) is 13.7. The van der Waals surface area contributed by atoms with Crippen LogP contribution in [-0.4, -0.2) is 52.7 Å². The molecule has 0 radical (unpaired) electrons. The number of amides is 1. The molecule has 3 rings (SSSR count). The maximum Gasteiger partial charge on any atom is 0.410 e. The lowest BCUT2D eigenvalue weighted by Crippen LogP contribution is -2.39. The smallest absolute Gasteiger partial charge is 0.410 e. The van der Waals surface area contributed by atoms with E-state index in [4.69, 9.17) is 9.47 Å². The van der Waals surface area contributed by atoms with Crippen molar-refractivity contribution >= 4 is 39.9 Å². The molecule has 0 unspecified atom stereocenters. The molecule has 2 aromatic heterocycles. The molecular weight excluding hydrogens is 392 g/mol. The van der Waals surface area contributed by atoms with Gasteiger partial charge in [-0.25, -0.2) is 19.6 Å². The van der Waals surface area contributed by atoms with E-state index in [2.05, 4.69) is 15.3 Å². The highest BCUT2D eigenvalue weighted by Gasteiger charge is 2.24. The summed E-state index contributed by atoms with van der Waals surface area (Å²) in [6.45, 7) is 6.51. The summed E-state index contributed by atoms with van der Waals surface area (Å²) in [6.07, 6.45) is 3.97. The highest BCUT2D eigenvalue weighted by atomic mass is 32.1. The Morgan fingerprint density at radius 1 is 1.28 bits per heavy atom. The average molecular weight is 417 g/mol. The molecule has 0 saturated carbocycles. The molecule has 2 aromatic rings. The predicted molar refractivity (Wildman–Crippen MR) is 111 cm³/mol. The van der Waals surface area contributed by atoms with Gasteiger partial charge in [-0.3, -0.25) is 0 Å². The third-order valence-electron chi connectivity index (χ3n) is 4.12. The van der Waals surface area contributed by atoms with E-state index in [1.807, 2.05) is 38.3 Å². The monoisotopic (exact) mass is 416 g/mol. The molecule has 1 aliphatic rings. The summed E-state index contributed by atoms with van der Waals surface area (Å²) < 4.78 is 10.3. The lowest BCUT2D eigenvalue weighted by molar-refractivity contribution is 0.0270. The quantitative estimate of drug-likeness (QED) is 0.750. The number of pyridine rings is 1. The number of hydrogen-bond donors (Lipinski definition) is 1. The minimum absolute atomic E-state index is 0.208. The first-order valence-corrected chi connectivity index (χ1v) is 10.1. The van der Waals surface area contributed by atoms with Crippen LogP contribution in [0.4, 0.5) is 15.7 Å². The van der Waals surface area contributed by atoms with Gasteiger partial charge in [-0.2, -0.15) is 0 Å². The highest BCUT2D eigenvalue weighted by Crippen LogP contribution is 2.27. The van der Waals surface area contributed by atoms with Gasteiger partial charge in [0.1, 0.15) is 11.4 Å². The zero-order chi connectivity index (χ0) is 21.0. The molecule has 0 atom stereocenters. The Bertz CT molecular complexity index is 919. The van der Waals surface area contributed by atoms with Crippen LogP contribution in [-0.2, 0) is 9.47 Å². The number of anilines is 2. The van der Waals surface area contributed by atoms with Gasteiger partial charge >= 0.3 is 12.1 Å². The number of hydrogen-bond acceptors (Lipinski definition) is 8. The van der Waals surface area contributed by atoms with Crippen LogP contribution < -0.4 is 5.32 Å². The Morgan fingerprint density at radius 3 is 2.66 bits per heavy atom. The molecule has 3 heterocycles. The summed E-state index contributed by atoms with van der Waals surface area (Å²) in [4.78, 5) is 34.5. The fourth-order valence-corrected chi connectivity index (χ4v) is 3.34. The van der Waals surface area contributed by atoms with Crippen LogP contribution in [0.2, 0.25) is 0 Å². The van der Waals surface area contributed by atoms with E-state index in [1.54, 1.807) is 17.2 Å². The normalized spacial score (nSPS) is 14.2. The van der Waals surface area contributed by atoms with Gasteiger partial charge in [-0.15, -0.1) is 11.3 Å². The summed E-state index contributed by atoms with van der Waals surface area (Å²) >= 11 is 1.44. The Hall–Kier alpha value is -2.94. The Morgan fingerprint density at radius 2 is 2.07 bits per heavy atom. The van der Waals surface area contributed by atoms with Crippen molar-refractivity contribution in [2.75, 3.05) is 25.5 Å². The van der Waals surface area contributed by atoms with Gasteiger partial charge in [-0.1, -0.05) is 6.08 Å². The van der Waals surface area contributed by atoms with E-state index in [0.717, 1.165) is 11.1 Å². The molecule has 0 bridgehead atoms. The van der Waals surface area contributed by atoms with Gasteiger partial charge < -0.3 is 19.7 Å². The summed E-state index contributed by atoms with van der Waals surface area (Å²) in [6, 6.07) is 3.57. The van der Waals surface area contributed by atoms with Crippen LogP contribution in [0.5, 0.6) is 0 Å². The molecule has 0 spiro atoms. The third kappa shape index (κ3) is 5.54. The van der Waals surface area contributed by atoms with E-state index in [0.29, 0.717) is 30.5 Å². The number of carbonyl (C=O) groups is 2. The summed E-state index contributed by atoms with van der Waals surface area (Å²) in [7, 11) is 1.32. The fourth-order valence-electron chi connectivity index (χ4n) is 2.81. The van der Waals surface area contributed by atoms with E-state index in [-0.39, 0.29) is 11.8 Å². The van der Waals surface area contributed by atoms with Gasteiger partial charge in [-0.05, 0) is 50.5 Å². The number of nitrogens with zero attached hydrogens (tertiary/aromatic N) is 3. The summed E-state index contributed by atoms with van der Waals surface area (Å²) in [5, 5.41) is 5.64. The second-order valence-corrected chi connectivity index (χ2v) is 8.38. The first kappa shape index (κ1) is 20.8. The van der Waals surface area contributed by atoms with Crippen LogP contribution in [0.25, 0.3) is 5.57 Å². The SMILES string of the molecule is COC(=O)c1cc(C2=CCN(C(=O)OC(C)(C)C)CC2)cc(Nc2nccs2)n1. The Labute approximate surface area is 173 Å². The number of nitrogens with one attached hydrogen (secondary N) is 1. The number of aromatic nitrogens is 2. The van der Waals surface area contributed by atoms with Crippen molar-refractivity contribution in [2.24, 2.45) is 0 Å². The molecule has 1 amide bonds. The van der Waals surface area contributed by atoms with Gasteiger partial charge in [0.15, 0.2) is 10.8 Å². The number of carbonyl (C=O) groups excluding carboxylic acids is 2. The molecule has 29 heavy (non-hydrogen) atoms. The molecule has 0 fully saturated rings. The maximum atomic E-state index is 12.3. The molecule has 1 aliphatic heterocycles. The molecule has 0 aliphatic carbocycles. The van der Waals surface area contributed by atoms with Crippen molar-refractivity contribution in [1.82, 2.24) is 14.9 Å². The zero-order valence-corrected chi connectivity index (χ0v) is 17.7. The second-order valence-electron chi connectivity index (χ2n) is 7.49. The minimum Gasteiger partial charge on any atom is -0.464 e. The third-order valence-corrected chi connectivity index (χ3v) is 4.81. The summed E-state index contributed by atoms with van der Waals surface area (Å²) in [5.74, 6) is -0.00542. The van der Waals surface area contributed by atoms with Gasteiger partial charge in [0, 0.05) is 24.7 Å². The van der Waals surface area contributed by atoms with Crippen LogP contribution in [0, 0.1) is 0 Å². The van der Waals surface area contributed by atoms with E-state index >= 15 is 0 Å². The standard InChI is InChI=1S/C20H24N4O4S/c1-20(2,3)28-19(26)24-8-5-13(6-9-24)14-11-15(17(25)27-4)22-16(12-14)23-18-21-7-10-29-18/h5,7,10-12H,6,8-9H2,1-4H3,(H,21,22,23). The van der Waals surface area contributed by atoms with Gasteiger partial charge in [0.2, 0.25) is 0 Å². The number of esters is 1. The molecule has 9 heteroatoms. The van der Waals surface area contributed by atoms with Crippen molar-refractivity contribution in [3.05, 3.63) is 41.0 Å². The average Bonchev–Trinajstić information content (AvgIpc) is 3.19. The highest BCUT2D eigenvalue weighted by molar-refractivity contribution is 7.13. The van der Waals surface area contributed by atoms with E-state index in [9.17, 15) is 9.59 Å². The Kier molecular flexibility index (Phi) is 6.17. The number of rotatable bonds is 4. The zero-order valence-electron chi connectivity index (χ0n) is 16.9. The minimum atomic E-state index is -0.530. The molecule has 0 aromatic carbocycles. The molecule has 1 N–H and O–H groups in total. The largest absolute Gasteiger partial charge is 0.464 e. The van der Waals surface area contributed by atoms with Crippen LogP contribution in [0.1, 0.15) is 43.2 Å². The maximum absolute atomic E-state index is 12.3. The van der Waals surface area contributed by atoms with Crippen molar-refractivity contribution < 1.29 is 19.1 Å². The number of methoxy groups -OCH3 is 1. The van der Waals surface area contributed by atoms with E-state index < -0.39 is 11.6 Å². The molecule has 0 saturated heterocycles. The van der Waals surface area contributed by atoms with Crippen LogP contribution in [0.15, 0.2) is 29.8 Å². The van der Waals surface area contributed by atoms with Crippen molar-refractivity contribution in [3.63, 3.8) is 0 Å². The first-order valence-electron chi connectivity index (χ1n) is 9.19. The fraction of sp³-hybridized carbons (Fsp3) is 0.400. The van der Waals surface area contributed by atoms with Crippen LogP contribution >= 0.6 is 11.3 Å². The van der Waals surface area contributed by atoms with Gasteiger partial charge in [0.05, 0.1) is 7.11 Å². The summed E-state index contributed by atoms with van der Waals surface area (Å²) in [5.41, 5.74) is 1.56.